The summed E-state index contributed by atoms with van der Waals surface area (Å²) >= 11 is 11.9. The fraction of sp³-hybridized carbons (Fsp3) is 0.333. The first kappa shape index (κ1) is 14.0. The van der Waals surface area contributed by atoms with Gasteiger partial charge in [0.1, 0.15) is 6.54 Å². The van der Waals surface area contributed by atoms with Crippen LogP contribution in [-0.4, -0.2) is 48.3 Å². The predicted molar refractivity (Wildman–Crippen MR) is 74.4 cm³/mol. The van der Waals surface area contributed by atoms with Crippen molar-refractivity contribution in [3.63, 3.8) is 0 Å². The van der Waals surface area contributed by atoms with Gasteiger partial charge >= 0.3 is 0 Å². The number of nitrogens with two attached hydrogens (primary N) is 1. The first-order chi connectivity index (χ1) is 8.90. The Morgan fingerprint density at radius 1 is 1.32 bits per heavy atom. The van der Waals surface area contributed by atoms with E-state index in [2.05, 4.69) is 0 Å². The van der Waals surface area contributed by atoms with Crippen LogP contribution in [0.25, 0.3) is 0 Å². The zero-order valence-corrected chi connectivity index (χ0v) is 11.8. The lowest BCUT2D eigenvalue weighted by atomic mass is 10.1. The van der Waals surface area contributed by atoms with Crippen LogP contribution in [0.5, 0.6) is 0 Å². The number of likely N-dealkylation sites (N-methyl/N-ethyl adjacent to an activating group) is 1. The van der Waals surface area contributed by atoms with E-state index in [1.54, 1.807) is 11.9 Å². The number of anilines is 1. The van der Waals surface area contributed by atoms with E-state index in [9.17, 15) is 9.59 Å². The third-order valence-electron chi connectivity index (χ3n) is 3.03. The number of nitrogens with zero attached hydrogens (tertiary/aromatic N) is 2. The molecule has 1 heterocycles. The average Bonchev–Trinajstić information content (AvgIpc) is 2.36. The average molecular weight is 302 g/mol. The second kappa shape index (κ2) is 5.27. The van der Waals surface area contributed by atoms with Crippen LogP contribution in [-0.2, 0) is 4.79 Å². The fourth-order valence-corrected chi connectivity index (χ4v) is 2.29. The van der Waals surface area contributed by atoms with Crippen molar-refractivity contribution in [3.8, 4) is 0 Å². The topological polar surface area (TPSA) is 66.6 Å². The first-order valence-electron chi connectivity index (χ1n) is 5.68. The highest BCUT2D eigenvalue weighted by atomic mass is 35.5. The molecule has 1 aromatic carbocycles. The molecule has 2 rings (SSSR count). The first-order valence-corrected chi connectivity index (χ1v) is 6.43. The number of amides is 2. The van der Waals surface area contributed by atoms with Gasteiger partial charge in [-0.15, -0.1) is 0 Å². The largest absolute Gasteiger partial charge is 0.399 e. The van der Waals surface area contributed by atoms with E-state index >= 15 is 0 Å². The minimum absolute atomic E-state index is 0.0398. The molecule has 1 aromatic rings. The summed E-state index contributed by atoms with van der Waals surface area (Å²) in [6.45, 7) is 1.00. The molecule has 0 bridgehead atoms. The summed E-state index contributed by atoms with van der Waals surface area (Å²) < 4.78 is 0. The summed E-state index contributed by atoms with van der Waals surface area (Å²) in [7, 11) is 1.70. The maximum Gasteiger partial charge on any atom is 0.256 e. The Morgan fingerprint density at radius 2 is 2.00 bits per heavy atom. The predicted octanol–water partition coefficient (Wildman–Crippen LogP) is 1.49. The van der Waals surface area contributed by atoms with Crippen LogP contribution in [0, 0.1) is 0 Å². The molecule has 0 saturated carbocycles. The summed E-state index contributed by atoms with van der Waals surface area (Å²) in [6.07, 6.45) is 0. The van der Waals surface area contributed by atoms with Gasteiger partial charge in [-0.3, -0.25) is 9.59 Å². The Balaban J connectivity index is 2.28. The molecule has 2 N–H and O–H groups in total. The van der Waals surface area contributed by atoms with Gasteiger partial charge in [-0.1, -0.05) is 23.2 Å². The van der Waals surface area contributed by atoms with Crippen molar-refractivity contribution in [1.82, 2.24) is 9.80 Å². The lowest BCUT2D eigenvalue weighted by Crippen LogP contribution is -2.50. The van der Waals surface area contributed by atoms with Crippen molar-refractivity contribution in [2.75, 3.05) is 32.4 Å². The van der Waals surface area contributed by atoms with Crippen LogP contribution in [0.3, 0.4) is 0 Å². The summed E-state index contributed by atoms with van der Waals surface area (Å²) in [4.78, 5) is 27.0. The molecule has 5 nitrogen and oxygen atoms in total. The van der Waals surface area contributed by atoms with Gasteiger partial charge < -0.3 is 15.5 Å². The van der Waals surface area contributed by atoms with Gasteiger partial charge in [-0.2, -0.15) is 0 Å². The number of carbonyl (C=O) groups excluding carboxylic acids is 2. The van der Waals surface area contributed by atoms with Crippen LogP contribution in [0.15, 0.2) is 12.1 Å². The van der Waals surface area contributed by atoms with Crippen molar-refractivity contribution in [2.45, 2.75) is 0 Å². The summed E-state index contributed by atoms with van der Waals surface area (Å²) in [5.41, 5.74) is 6.24. The van der Waals surface area contributed by atoms with E-state index in [-0.39, 0.29) is 34.0 Å². The van der Waals surface area contributed by atoms with E-state index < -0.39 is 0 Å². The van der Waals surface area contributed by atoms with Gasteiger partial charge in [0.05, 0.1) is 15.6 Å². The second-order valence-electron chi connectivity index (χ2n) is 4.41. The third-order valence-corrected chi connectivity index (χ3v) is 3.83. The lowest BCUT2D eigenvalue weighted by Gasteiger charge is -2.32. The maximum absolute atomic E-state index is 12.3. The van der Waals surface area contributed by atoms with Gasteiger partial charge in [-0.25, -0.2) is 0 Å². The van der Waals surface area contributed by atoms with Gasteiger partial charge in [0.2, 0.25) is 5.91 Å². The van der Waals surface area contributed by atoms with Crippen LogP contribution in [0.2, 0.25) is 10.0 Å². The standard InChI is InChI=1S/C12H13Cl2N3O2/c1-16-2-3-17(6-10(16)18)12(19)8-4-7(15)5-9(13)11(8)14/h4-5H,2-3,6,15H2,1H3. The van der Waals surface area contributed by atoms with E-state index in [1.165, 1.54) is 17.0 Å². The van der Waals surface area contributed by atoms with Crippen molar-refractivity contribution >= 4 is 40.7 Å². The molecule has 0 spiro atoms. The summed E-state index contributed by atoms with van der Waals surface area (Å²) in [5.74, 6) is -0.439. The molecule has 1 fully saturated rings. The highest BCUT2D eigenvalue weighted by Gasteiger charge is 2.27. The SMILES string of the molecule is CN1CCN(C(=O)c2cc(N)cc(Cl)c2Cl)CC1=O. The molecule has 0 unspecified atom stereocenters. The van der Waals surface area contributed by atoms with E-state index in [0.717, 1.165) is 0 Å². The Hall–Kier alpha value is -1.46. The molecule has 102 valence electrons. The Bertz CT molecular complexity index is 548. The van der Waals surface area contributed by atoms with E-state index in [1.807, 2.05) is 0 Å². The van der Waals surface area contributed by atoms with Gasteiger partial charge in [0.25, 0.3) is 5.91 Å². The fourth-order valence-electron chi connectivity index (χ4n) is 1.87. The molecule has 2 amide bonds. The van der Waals surface area contributed by atoms with Crippen LogP contribution in [0.4, 0.5) is 5.69 Å². The van der Waals surface area contributed by atoms with Crippen molar-refractivity contribution < 1.29 is 9.59 Å². The van der Waals surface area contributed by atoms with Crippen LogP contribution >= 0.6 is 23.2 Å². The monoisotopic (exact) mass is 301 g/mol. The van der Waals surface area contributed by atoms with Crippen molar-refractivity contribution in [2.24, 2.45) is 0 Å². The minimum Gasteiger partial charge on any atom is -0.399 e. The highest BCUT2D eigenvalue weighted by molar-refractivity contribution is 6.44. The molecule has 0 aliphatic carbocycles. The van der Waals surface area contributed by atoms with Crippen LogP contribution < -0.4 is 5.73 Å². The number of carbonyl (C=O) groups is 2. The van der Waals surface area contributed by atoms with Crippen molar-refractivity contribution in [1.29, 1.82) is 0 Å². The Morgan fingerprint density at radius 3 is 2.63 bits per heavy atom. The molecule has 7 heteroatoms. The number of halogens is 2. The zero-order chi connectivity index (χ0) is 14.2. The number of benzene rings is 1. The normalized spacial score (nSPS) is 15.8. The van der Waals surface area contributed by atoms with E-state index in [0.29, 0.717) is 18.8 Å². The number of piperazine rings is 1. The molecule has 1 aliphatic heterocycles. The maximum atomic E-state index is 12.3. The van der Waals surface area contributed by atoms with E-state index in [4.69, 9.17) is 28.9 Å². The van der Waals surface area contributed by atoms with Crippen molar-refractivity contribution in [3.05, 3.63) is 27.7 Å². The molecule has 0 aromatic heterocycles. The third kappa shape index (κ3) is 2.77. The summed E-state index contributed by atoms with van der Waals surface area (Å²) in [6, 6.07) is 2.95. The quantitative estimate of drug-likeness (QED) is 0.799. The highest BCUT2D eigenvalue weighted by Crippen LogP contribution is 2.29. The number of hydrogen-bond acceptors (Lipinski definition) is 3. The van der Waals surface area contributed by atoms with Gasteiger partial charge in [-0.05, 0) is 12.1 Å². The molecular formula is C12H13Cl2N3O2. The molecular weight excluding hydrogens is 289 g/mol. The lowest BCUT2D eigenvalue weighted by molar-refractivity contribution is -0.133. The Kier molecular flexibility index (Phi) is 3.87. The van der Waals surface area contributed by atoms with Gasteiger partial charge in [0.15, 0.2) is 0 Å². The number of hydrogen-bond donors (Lipinski definition) is 1. The molecule has 0 atom stereocenters. The smallest absolute Gasteiger partial charge is 0.256 e. The number of nitrogen functional groups attached to an aromatic ring is 1. The summed E-state index contributed by atoms with van der Waals surface area (Å²) in [5, 5.41) is 0.387. The van der Waals surface area contributed by atoms with Gasteiger partial charge in [0, 0.05) is 25.8 Å². The molecule has 1 aliphatic rings. The zero-order valence-electron chi connectivity index (χ0n) is 10.3. The molecule has 0 radical (unpaired) electrons. The number of rotatable bonds is 1. The Labute approximate surface area is 120 Å². The van der Waals surface area contributed by atoms with Crippen LogP contribution in [0.1, 0.15) is 10.4 Å². The minimum atomic E-state index is -0.333. The molecule has 19 heavy (non-hydrogen) atoms. The molecule has 1 saturated heterocycles. The second-order valence-corrected chi connectivity index (χ2v) is 5.19.